The molecule has 1 saturated heterocycles. The van der Waals surface area contributed by atoms with Crippen molar-refractivity contribution >= 4 is 34.1 Å². The molecule has 1 aliphatic heterocycles. The molecule has 6 rings (SSSR count). The summed E-state index contributed by atoms with van der Waals surface area (Å²) in [6.07, 6.45) is 5.54. The molecule has 0 unspecified atom stereocenters. The van der Waals surface area contributed by atoms with E-state index in [0.29, 0.717) is 17.0 Å². The fourth-order valence-electron chi connectivity index (χ4n) is 6.08. The molecule has 3 aromatic carbocycles. The summed E-state index contributed by atoms with van der Waals surface area (Å²) in [5.41, 5.74) is 5.19. The zero-order chi connectivity index (χ0) is 33.2. The number of rotatable bonds is 9. The highest BCUT2D eigenvalue weighted by atomic mass is 19.1. The average molecular weight is 636 g/mol. The molecule has 3 heterocycles. The van der Waals surface area contributed by atoms with E-state index >= 15 is 0 Å². The molecule has 0 bridgehead atoms. The van der Waals surface area contributed by atoms with Crippen LogP contribution in [0.2, 0.25) is 0 Å². The van der Waals surface area contributed by atoms with Crippen molar-refractivity contribution in [1.82, 2.24) is 24.8 Å². The fraction of sp³-hybridized carbons (Fsp3) is 0.278. The number of likely N-dealkylation sites (N-methyl/N-ethyl adjacent to an activating group) is 1. The molecular formula is C36H38FN7O3. The van der Waals surface area contributed by atoms with E-state index in [0.717, 1.165) is 59.3 Å². The number of nitrogens with one attached hydrogen (secondary N) is 3. The summed E-state index contributed by atoms with van der Waals surface area (Å²) >= 11 is 0. The maximum atomic E-state index is 14.2. The van der Waals surface area contributed by atoms with Gasteiger partial charge in [0.2, 0.25) is 5.91 Å². The van der Waals surface area contributed by atoms with E-state index in [2.05, 4.69) is 42.5 Å². The Bertz CT molecular complexity index is 2040. The highest BCUT2D eigenvalue weighted by molar-refractivity contribution is 5.95. The number of carbonyl (C=O) groups is 2. The third-order valence-corrected chi connectivity index (χ3v) is 8.76. The molecule has 2 amide bonds. The van der Waals surface area contributed by atoms with Crippen molar-refractivity contribution in [3.63, 3.8) is 0 Å². The van der Waals surface area contributed by atoms with Crippen LogP contribution in [0.1, 0.15) is 41.3 Å². The first-order valence-electron chi connectivity index (χ1n) is 15.7. The summed E-state index contributed by atoms with van der Waals surface area (Å²) in [5.74, 6) is -0.563. The van der Waals surface area contributed by atoms with Crippen LogP contribution in [0.5, 0.6) is 0 Å². The molecular weight excluding hydrogens is 597 g/mol. The highest BCUT2D eigenvalue weighted by Crippen LogP contribution is 2.31. The largest absolute Gasteiger partial charge is 0.371 e. The number of benzene rings is 3. The molecule has 1 fully saturated rings. The van der Waals surface area contributed by atoms with Gasteiger partial charge in [0.05, 0.1) is 24.3 Å². The third kappa shape index (κ3) is 6.39. The number of aromatic nitrogens is 3. The van der Waals surface area contributed by atoms with Crippen molar-refractivity contribution in [2.75, 3.05) is 37.4 Å². The fourth-order valence-corrected chi connectivity index (χ4v) is 6.08. The Labute approximate surface area is 272 Å². The lowest BCUT2D eigenvalue weighted by molar-refractivity contribution is -0.117. The van der Waals surface area contributed by atoms with Crippen molar-refractivity contribution in [1.29, 1.82) is 0 Å². The van der Waals surface area contributed by atoms with E-state index in [1.165, 1.54) is 16.8 Å². The smallest absolute Gasteiger partial charge is 0.277 e. The molecule has 242 valence electrons. The van der Waals surface area contributed by atoms with E-state index < -0.39 is 11.6 Å². The zero-order valence-electron chi connectivity index (χ0n) is 26.9. The van der Waals surface area contributed by atoms with Crippen molar-refractivity contribution in [3.8, 4) is 17.1 Å². The summed E-state index contributed by atoms with van der Waals surface area (Å²) in [5, 5.41) is 9.07. The van der Waals surface area contributed by atoms with Crippen molar-refractivity contribution in [3.05, 3.63) is 106 Å². The van der Waals surface area contributed by atoms with Gasteiger partial charge in [-0.15, -0.1) is 0 Å². The monoisotopic (exact) mass is 635 g/mol. The number of carbonyl (C=O) groups excluding carboxylic acids is 2. The Balaban J connectivity index is 1.51. The molecule has 0 radical (unpaired) electrons. The van der Waals surface area contributed by atoms with Crippen LogP contribution in [0.15, 0.2) is 77.9 Å². The Morgan fingerprint density at radius 3 is 2.51 bits per heavy atom. The third-order valence-electron chi connectivity index (χ3n) is 8.76. The lowest BCUT2D eigenvalue weighted by atomic mass is 10.1. The number of amides is 2. The minimum atomic E-state index is -0.528. The minimum absolute atomic E-state index is 0.0493. The summed E-state index contributed by atoms with van der Waals surface area (Å²) < 4.78 is 17.8. The van der Waals surface area contributed by atoms with Crippen LogP contribution < -0.4 is 26.4 Å². The van der Waals surface area contributed by atoms with Crippen molar-refractivity contribution < 1.29 is 14.0 Å². The molecule has 47 heavy (non-hydrogen) atoms. The van der Waals surface area contributed by atoms with E-state index in [-0.39, 0.29) is 29.9 Å². The van der Waals surface area contributed by atoms with Gasteiger partial charge in [-0.1, -0.05) is 12.1 Å². The average Bonchev–Trinajstić information content (AvgIpc) is 3.74. The van der Waals surface area contributed by atoms with Crippen LogP contribution in [0, 0.1) is 12.7 Å². The van der Waals surface area contributed by atoms with Crippen LogP contribution in [0.25, 0.3) is 28.0 Å². The predicted octanol–water partition coefficient (Wildman–Crippen LogP) is 4.86. The Hall–Kier alpha value is -5.29. The van der Waals surface area contributed by atoms with Gasteiger partial charge in [0, 0.05) is 54.2 Å². The van der Waals surface area contributed by atoms with Crippen molar-refractivity contribution in [2.24, 2.45) is 0 Å². The standard InChI is InChI=1S/C36H38FN7O3/c1-22-20-43(32-11-10-27(37)17-30(22)32)29-15-24(14-28(18-29)42-12-5-6-13-42)21-44-33(25-8-7-9-26(16-25)35(46)39-4)40-19-31(36(44)47)41-34(45)23(2)38-3/h7-11,14-20,23,38H,5-6,12-13,21H2,1-4H3,(H,39,46)(H,41,45)/t23-/m0/s1. The summed E-state index contributed by atoms with van der Waals surface area (Å²) in [6, 6.07) is 17.4. The van der Waals surface area contributed by atoms with Gasteiger partial charge < -0.3 is 25.4 Å². The SMILES string of the molecule is CNC(=O)c1cccc(-c2ncc(NC(=O)[C@H](C)NC)c(=O)n2Cc2cc(N3CCCC3)cc(-n3cc(C)c4cc(F)ccc43)c2)c1. The molecule has 0 spiro atoms. The van der Waals surface area contributed by atoms with Crippen LogP contribution in [-0.4, -0.2) is 59.2 Å². The quantitative estimate of drug-likeness (QED) is 0.213. The molecule has 1 aliphatic rings. The molecule has 0 aliphatic carbocycles. The number of fused-ring (bicyclic) bond motifs is 1. The Kier molecular flexibility index (Phi) is 8.91. The van der Waals surface area contributed by atoms with Gasteiger partial charge >= 0.3 is 0 Å². The molecule has 5 aromatic rings. The Morgan fingerprint density at radius 2 is 1.77 bits per heavy atom. The first kappa shape index (κ1) is 31.7. The molecule has 2 aromatic heterocycles. The topological polar surface area (TPSA) is 113 Å². The molecule has 0 saturated carbocycles. The summed E-state index contributed by atoms with van der Waals surface area (Å²) in [7, 11) is 3.23. The molecule has 10 nitrogen and oxygen atoms in total. The number of nitrogens with zero attached hydrogens (tertiary/aromatic N) is 4. The molecule has 1 atom stereocenters. The lowest BCUT2D eigenvalue weighted by Crippen LogP contribution is -2.38. The normalized spacial score (nSPS) is 13.6. The van der Waals surface area contributed by atoms with Gasteiger partial charge in [0.25, 0.3) is 11.5 Å². The van der Waals surface area contributed by atoms with Gasteiger partial charge in [-0.25, -0.2) is 9.37 Å². The second-order valence-corrected chi connectivity index (χ2v) is 11.9. The van der Waals surface area contributed by atoms with Gasteiger partial charge in [0.1, 0.15) is 17.3 Å². The van der Waals surface area contributed by atoms with E-state index in [1.807, 2.05) is 19.2 Å². The number of aryl methyl sites for hydroxylation is 1. The van der Waals surface area contributed by atoms with Crippen LogP contribution >= 0.6 is 0 Å². The van der Waals surface area contributed by atoms with Gasteiger partial charge in [-0.3, -0.25) is 19.0 Å². The summed E-state index contributed by atoms with van der Waals surface area (Å²) in [6.45, 7) is 5.64. The predicted molar refractivity (Wildman–Crippen MR) is 183 cm³/mol. The van der Waals surface area contributed by atoms with Crippen molar-refractivity contribution in [2.45, 2.75) is 39.3 Å². The second kappa shape index (κ2) is 13.2. The number of hydrogen-bond acceptors (Lipinski definition) is 6. The molecule has 3 N–H and O–H groups in total. The van der Waals surface area contributed by atoms with Gasteiger partial charge in [-0.05, 0) is 93.4 Å². The van der Waals surface area contributed by atoms with E-state index in [9.17, 15) is 18.8 Å². The van der Waals surface area contributed by atoms with Gasteiger partial charge in [0.15, 0.2) is 0 Å². The van der Waals surface area contributed by atoms with Crippen LogP contribution in [0.4, 0.5) is 15.8 Å². The maximum Gasteiger partial charge on any atom is 0.277 e. The minimum Gasteiger partial charge on any atom is -0.371 e. The number of anilines is 2. The van der Waals surface area contributed by atoms with Crippen LogP contribution in [-0.2, 0) is 11.3 Å². The second-order valence-electron chi connectivity index (χ2n) is 11.9. The van der Waals surface area contributed by atoms with E-state index in [1.54, 1.807) is 57.4 Å². The molecule has 11 heteroatoms. The Morgan fingerprint density at radius 1 is 1.00 bits per heavy atom. The highest BCUT2D eigenvalue weighted by Gasteiger charge is 2.20. The first-order chi connectivity index (χ1) is 22.7. The first-order valence-corrected chi connectivity index (χ1v) is 15.7. The summed E-state index contributed by atoms with van der Waals surface area (Å²) in [4.78, 5) is 46.4. The van der Waals surface area contributed by atoms with Crippen LogP contribution in [0.3, 0.4) is 0 Å². The number of hydrogen-bond donors (Lipinski definition) is 3. The maximum absolute atomic E-state index is 14.2. The number of halogens is 1. The van der Waals surface area contributed by atoms with E-state index in [4.69, 9.17) is 0 Å². The van der Waals surface area contributed by atoms with Gasteiger partial charge in [-0.2, -0.15) is 0 Å². The lowest BCUT2D eigenvalue weighted by Gasteiger charge is -2.22. The zero-order valence-corrected chi connectivity index (χ0v) is 26.9.